The van der Waals surface area contributed by atoms with Crippen molar-refractivity contribution in [1.82, 2.24) is 24.8 Å². The zero-order valence-corrected chi connectivity index (χ0v) is 10.3. The number of nitrogens with zero attached hydrogens (tertiary/aromatic N) is 5. The van der Waals surface area contributed by atoms with E-state index in [1.165, 1.54) is 10.9 Å². The van der Waals surface area contributed by atoms with Gasteiger partial charge in [0.05, 0.1) is 18.8 Å². The summed E-state index contributed by atoms with van der Waals surface area (Å²) in [7, 11) is 3.68. The largest absolute Gasteiger partial charge is 0.476 e. The minimum absolute atomic E-state index is 0.0247. The lowest BCUT2D eigenvalue weighted by atomic mass is 10.1. The summed E-state index contributed by atoms with van der Waals surface area (Å²) >= 11 is 0. The number of carboxylic acid groups (broad SMARTS) is 1. The molecule has 0 saturated carbocycles. The number of hydrogen-bond donors (Lipinski definition) is 1. The number of carbonyl (C=O) groups is 2. The molecule has 98 valence electrons. The van der Waals surface area contributed by atoms with Crippen LogP contribution in [0.3, 0.4) is 0 Å². The van der Waals surface area contributed by atoms with Gasteiger partial charge in [0, 0.05) is 13.1 Å². The van der Waals surface area contributed by atoms with Gasteiger partial charge in [0.2, 0.25) is 5.91 Å². The molecule has 0 aliphatic carbocycles. The van der Waals surface area contributed by atoms with Gasteiger partial charge in [-0.1, -0.05) is 5.21 Å². The topological polar surface area (TPSA) is 91.6 Å². The normalized spacial score (nSPS) is 15.8. The summed E-state index contributed by atoms with van der Waals surface area (Å²) in [5.74, 6) is -1.03. The summed E-state index contributed by atoms with van der Waals surface area (Å²) in [6.07, 6.45) is 1.39. The first-order chi connectivity index (χ1) is 8.47. The SMILES string of the molecule is CN(C)CC(=O)N1CC(n2cc(C(=O)O)nn2)C1. The molecule has 0 unspecified atom stereocenters. The van der Waals surface area contributed by atoms with E-state index in [4.69, 9.17) is 5.11 Å². The van der Waals surface area contributed by atoms with Gasteiger partial charge in [-0.25, -0.2) is 9.48 Å². The first kappa shape index (κ1) is 12.5. The fourth-order valence-corrected chi connectivity index (χ4v) is 1.75. The van der Waals surface area contributed by atoms with E-state index < -0.39 is 5.97 Å². The number of hydrogen-bond acceptors (Lipinski definition) is 5. The monoisotopic (exact) mass is 253 g/mol. The zero-order valence-electron chi connectivity index (χ0n) is 10.3. The Balaban J connectivity index is 1.88. The molecule has 1 amide bonds. The second kappa shape index (κ2) is 4.73. The molecular formula is C10H15N5O3. The van der Waals surface area contributed by atoms with Crippen LogP contribution in [0, 0.1) is 0 Å². The Labute approximate surface area is 104 Å². The average molecular weight is 253 g/mol. The smallest absolute Gasteiger partial charge is 0.358 e. The maximum absolute atomic E-state index is 11.7. The molecule has 1 aliphatic rings. The standard InChI is InChI=1S/C10H15N5O3/c1-13(2)6-9(16)14-3-7(4-14)15-5-8(10(17)18)11-12-15/h5,7H,3-4,6H2,1-2H3,(H,17,18). The molecule has 8 nitrogen and oxygen atoms in total. The Morgan fingerprint density at radius 2 is 2.17 bits per heavy atom. The van der Waals surface area contributed by atoms with Crippen LogP contribution in [0.2, 0.25) is 0 Å². The van der Waals surface area contributed by atoms with Crippen molar-refractivity contribution >= 4 is 11.9 Å². The van der Waals surface area contributed by atoms with Gasteiger partial charge in [0.1, 0.15) is 0 Å². The van der Waals surface area contributed by atoms with E-state index in [0.29, 0.717) is 19.6 Å². The van der Waals surface area contributed by atoms with E-state index in [1.807, 2.05) is 19.0 Å². The van der Waals surface area contributed by atoms with Crippen LogP contribution in [-0.4, -0.2) is 75.5 Å². The van der Waals surface area contributed by atoms with Crippen molar-refractivity contribution in [2.45, 2.75) is 6.04 Å². The Kier molecular flexibility index (Phi) is 3.28. The lowest BCUT2D eigenvalue weighted by molar-refractivity contribution is -0.137. The maximum Gasteiger partial charge on any atom is 0.358 e. The van der Waals surface area contributed by atoms with Crippen LogP contribution in [-0.2, 0) is 4.79 Å². The molecule has 2 rings (SSSR count). The highest BCUT2D eigenvalue weighted by Crippen LogP contribution is 2.20. The quantitative estimate of drug-likeness (QED) is 0.734. The molecule has 1 fully saturated rings. The van der Waals surface area contributed by atoms with E-state index >= 15 is 0 Å². The molecule has 0 radical (unpaired) electrons. The van der Waals surface area contributed by atoms with Crippen LogP contribution in [0.4, 0.5) is 0 Å². The third-order valence-corrected chi connectivity index (χ3v) is 2.77. The van der Waals surface area contributed by atoms with Crippen molar-refractivity contribution in [2.24, 2.45) is 0 Å². The first-order valence-electron chi connectivity index (χ1n) is 5.55. The molecule has 1 aromatic heterocycles. The van der Waals surface area contributed by atoms with E-state index in [2.05, 4.69) is 10.3 Å². The Hall–Kier alpha value is -1.96. The number of rotatable bonds is 4. The van der Waals surface area contributed by atoms with Gasteiger partial charge in [0.25, 0.3) is 0 Å². The van der Waals surface area contributed by atoms with E-state index in [1.54, 1.807) is 4.90 Å². The number of aromatic nitrogens is 3. The lowest BCUT2D eigenvalue weighted by Crippen LogP contribution is -2.53. The summed E-state index contributed by atoms with van der Waals surface area (Å²) in [5.41, 5.74) is -0.0759. The second-order valence-corrected chi connectivity index (χ2v) is 4.58. The molecule has 18 heavy (non-hydrogen) atoms. The molecule has 1 saturated heterocycles. The van der Waals surface area contributed by atoms with Gasteiger partial charge in [-0.05, 0) is 14.1 Å². The van der Waals surface area contributed by atoms with Crippen LogP contribution in [0.25, 0.3) is 0 Å². The van der Waals surface area contributed by atoms with Crippen molar-refractivity contribution in [3.63, 3.8) is 0 Å². The predicted molar refractivity (Wildman–Crippen MR) is 61.2 cm³/mol. The van der Waals surface area contributed by atoms with Crippen LogP contribution in [0.5, 0.6) is 0 Å². The van der Waals surface area contributed by atoms with E-state index in [0.717, 1.165) is 0 Å². The number of carboxylic acids is 1. The molecule has 2 heterocycles. The lowest BCUT2D eigenvalue weighted by Gasteiger charge is -2.39. The molecule has 1 N–H and O–H groups in total. The second-order valence-electron chi connectivity index (χ2n) is 4.58. The van der Waals surface area contributed by atoms with Crippen molar-refractivity contribution in [3.8, 4) is 0 Å². The molecule has 0 atom stereocenters. The highest BCUT2D eigenvalue weighted by Gasteiger charge is 2.32. The molecule has 0 spiro atoms. The summed E-state index contributed by atoms with van der Waals surface area (Å²) in [4.78, 5) is 25.9. The highest BCUT2D eigenvalue weighted by molar-refractivity contribution is 5.84. The van der Waals surface area contributed by atoms with Gasteiger partial charge in [-0.15, -0.1) is 5.10 Å². The average Bonchev–Trinajstić information content (AvgIpc) is 2.62. The maximum atomic E-state index is 11.7. The molecule has 1 aliphatic heterocycles. The van der Waals surface area contributed by atoms with Crippen molar-refractivity contribution in [2.75, 3.05) is 33.7 Å². The third-order valence-electron chi connectivity index (χ3n) is 2.77. The Bertz CT molecular complexity index is 464. The number of amides is 1. The molecule has 8 heteroatoms. The van der Waals surface area contributed by atoms with Crippen LogP contribution in [0.15, 0.2) is 6.20 Å². The van der Waals surface area contributed by atoms with Crippen molar-refractivity contribution in [1.29, 1.82) is 0 Å². The van der Waals surface area contributed by atoms with E-state index in [-0.39, 0.29) is 17.6 Å². The van der Waals surface area contributed by atoms with Gasteiger partial charge < -0.3 is 14.9 Å². The van der Waals surface area contributed by atoms with Crippen LogP contribution in [0.1, 0.15) is 16.5 Å². The van der Waals surface area contributed by atoms with Crippen molar-refractivity contribution in [3.05, 3.63) is 11.9 Å². The minimum Gasteiger partial charge on any atom is -0.476 e. The Morgan fingerprint density at radius 1 is 1.50 bits per heavy atom. The van der Waals surface area contributed by atoms with E-state index in [9.17, 15) is 9.59 Å². The zero-order chi connectivity index (χ0) is 13.3. The Morgan fingerprint density at radius 3 is 2.67 bits per heavy atom. The van der Waals surface area contributed by atoms with Crippen molar-refractivity contribution < 1.29 is 14.7 Å². The summed E-state index contributed by atoms with van der Waals surface area (Å²) in [5, 5.41) is 16.0. The molecule has 0 aromatic carbocycles. The van der Waals surface area contributed by atoms with Crippen LogP contribution < -0.4 is 0 Å². The van der Waals surface area contributed by atoms with Crippen LogP contribution >= 0.6 is 0 Å². The van der Waals surface area contributed by atoms with Gasteiger partial charge in [0.15, 0.2) is 5.69 Å². The molecule has 1 aromatic rings. The third kappa shape index (κ3) is 2.48. The number of likely N-dealkylation sites (N-methyl/N-ethyl adjacent to an activating group) is 1. The number of likely N-dealkylation sites (tertiary alicyclic amines) is 1. The number of aromatic carboxylic acids is 1. The summed E-state index contributed by atoms with van der Waals surface area (Å²) in [6.45, 7) is 1.48. The molecular weight excluding hydrogens is 238 g/mol. The van der Waals surface area contributed by atoms with Gasteiger partial charge in [-0.3, -0.25) is 4.79 Å². The fourth-order valence-electron chi connectivity index (χ4n) is 1.75. The summed E-state index contributed by atoms with van der Waals surface area (Å²) in [6, 6.07) is 0.0247. The first-order valence-corrected chi connectivity index (χ1v) is 5.55. The summed E-state index contributed by atoms with van der Waals surface area (Å²) < 4.78 is 1.50. The molecule has 0 bridgehead atoms. The highest BCUT2D eigenvalue weighted by atomic mass is 16.4. The van der Waals surface area contributed by atoms with Gasteiger partial charge >= 0.3 is 5.97 Å². The minimum atomic E-state index is -1.10. The predicted octanol–water partition coefficient (Wildman–Crippen LogP) is -1.08. The number of carbonyl (C=O) groups excluding carboxylic acids is 1. The fraction of sp³-hybridized carbons (Fsp3) is 0.600. The van der Waals surface area contributed by atoms with Gasteiger partial charge in [-0.2, -0.15) is 0 Å².